The van der Waals surface area contributed by atoms with E-state index in [9.17, 15) is 14.4 Å². The fourth-order valence-corrected chi connectivity index (χ4v) is 3.43. The smallest absolute Gasteiger partial charge is 0.311 e. The number of furan rings is 1. The van der Waals surface area contributed by atoms with Crippen molar-refractivity contribution in [3.05, 3.63) is 51.9 Å². The molecule has 2 heterocycles. The number of likely N-dealkylation sites (tertiary alicyclic amines) is 1. The summed E-state index contributed by atoms with van der Waals surface area (Å²) in [4.78, 5) is 37.7. The number of carbonyl (C=O) groups excluding carboxylic acids is 3. The largest absolute Gasteiger partial charge is 0.467 e. The molecule has 0 unspecified atom stereocenters. The third-order valence-electron chi connectivity index (χ3n) is 4.03. The monoisotopic (exact) mass is 454 g/mol. The summed E-state index contributed by atoms with van der Waals surface area (Å²) in [7, 11) is 0. The Morgan fingerprint density at radius 2 is 2.19 bits per heavy atom. The van der Waals surface area contributed by atoms with E-state index in [4.69, 9.17) is 20.8 Å². The Labute approximate surface area is 168 Å². The molecule has 0 spiro atoms. The van der Waals surface area contributed by atoms with Gasteiger partial charge in [-0.3, -0.25) is 14.4 Å². The average Bonchev–Trinajstić information content (AvgIpc) is 3.26. The van der Waals surface area contributed by atoms with Crippen LogP contribution in [-0.4, -0.2) is 35.8 Å². The first kappa shape index (κ1) is 19.4. The van der Waals surface area contributed by atoms with Gasteiger partial charge in [0.05, 0.1) is 29.4 Å². The molecule has 142 valence electrons. The maximum Gasteiger partial charge on any atom is 0.311 e. The highest BCUT2D eigenvalue weighted by Crippen LogP contribution is 2.26. The van der Waals surface area contributed by atoms with Crippen LogP contribution in [0.1, 0.15) is 12.2 Å². The minimum atomic E-state index is -0.600. The first-order chi connectivity index (χ1) is 12.9. The fourth-order valence-electron chi connectivity index (χ4n) is 2.71. The summed E-state index contributed by atoms with van der Waals surface area (Å²) in [5, 5.41) is 2.93. The maximum absolute atomic E-state index is 12.2. The van der Waals surface area contributed by atoms with Gasteiger partial charge in [0, 0.05) is 17.4 Å². The summed E-state index contributed by atoms with van der Waals surface area (Å²) >= 11 is 9.30. The number of halogens is 2. The molecule has 1 atom stereocenters. The Kier molecular flexibility index (Phi) is 6.18. The van der Waals surface area contributed by atoms with Gasteiger partial charge in [0.15, 0.2) is 6.61 Å². The van der Waals surface area contributed by atoms with Crippen molar-refractivity contribution in [2.75, 3.05) is 18.5 Å². The molecule has 1 aromatic carbocycles. The lowest BCUT2D eigenvalue weighted by Gasteiger charge is -2.14. The Bertz CT molecular complexity index is 855. The molecule has 2 aromatic rings. The maximum atomic E-state index is 12.2. The second-order valence-electron chi connectivity index (χ2n) is 6.03. The number of benzene rings is 1. The third kappa shape index (κ3) is 5.11. The standard InChI is InChI=1S/C18H16BrClN2O5/c19-12-3-4-15(14(20)7-12)21-16(23)10-27-18(25)11-6-17(24)22(8-11)9-13-2-1-5-26-13/h1-5,7,11H,6,8-10H2,(H,21,23)/t11-/m0/s1. The van der Waals surface area contributed by atoms with E-state index < -0.39 is 24.4 Å². The van der Waals surface area contributed by atoms with Gasteiger partial charge in [-0.25, -0.2) is 0 Å². The Hall–Kier alpha value is -2.32. The first-order valence-corrected chi connectivity index (χ1v) is 9.31. The van der Waals surface area contributed by atoms with E-state index in [-0.39, 0.29) is 18.9 Å². The van der Waals surface area contributed by atoms with Gasteiger partial charge in [-0.1, -0.05) is 27.5 Å². The van der Waals surface area contributed by atoms with Crippen LogP contribution in [0.15, 0.2) is 45.5 Å². The molecule has 9 heteroatoms. The lowest BCUT2D eigenvalue weighted by molar-refractivity contribution is -0.151. The molecule has 0 saturated carbocycles. The number of anilines is 1. The molecule has 3 rings (SSSR count). The molecule has 1 aliphatic rings. The van der Waals surface area contributed by atoms with E-state index in [0.717, 1.165) is 4.47 Å². The van der Waals surface area contributed by atoms with Gasteiger partial charge in [-0.2, -0.15) is 0 Å². The summed E-state index contributed by atoms with van der Waals surface area (Å²) in [5.74, 6) is -1.20. The number of rotatable bonds is 6. The lowest BCUT2D eigenvalue weighted by atomic mass is 10.1. The number of amides is 2. The summed E-state index contributed by atoms with van der Waals surface area (Å²) in [6.07, 6.45) is 1.58. The molecular formula is C18H16BrClN2O5. The second kappa shape index (κ2) is 8.58. The number of esters is 1. The summed E-state index contributed by atoms with van der Waals surface area (Å²) in [6, 6.07) is 8.49. The molecule has 0 bridgehead atoms. The summed E-state index contributed by atoms with van der Waals surface area (Å²) in [5.41, 5.74) is 0.418. The van der Waals surface area contributed by atoms with E-state index >= 15 is 0 Å². The fraction of sp³-hybridized carbons (Fsp3) is 0.278. The van der Waals surface area contributed by atoms with Crippen LogP contribution in [0.2, 0.25) is 5.02 Å². The first-order valence-electron chi connectivity index (χ1n) is 8.14. The zero-order valence-electron chi connectivity index (χ0n) is 14.1. The van der Waals surface area contributed by atoms with Crippen molar-refractivity contribution >= 4 is 51.0 Å². The predicted molar refractivity (Wildman–Crippen MR) is 101 cm³/mol. The van der Waals surface area contributed by atoms with E-state index in [0.29, 0.717) is 23.0 Å². The number of hydrogen-bond acceptors (Lipinski definition) is 5. The highest BCUT2D eigenvalue weighted by Gasteiger charge is 2.35. The molecule has 7 nitrogen and oxygen atoms in total. The Morgan fingerprint density at radius 3 is 2.89 bits per heavy atom. The van der Waals surface area contributed by atoms with Crippen LogP contribution in [0.4, 0.5) is 5.69 Å². The van der Waals surface area contributed by atoms with E-state index in [1.165, 1.54) is 11.2 Å². The summed E-state index contributed by atoms with van der Waals surface area (Å²) < 4.78 is 11.0. The number of nitrogens with one attached hydrogen (secondary N) is 1. The van der Waals surface area contributed by atoms with Crippen molar-refractivity contribution in [1.29, 1.82) is 0 Å². The molecule has 1 aliphatic heterocycles. The molecule has 0 aliphatic carbocycles. The number of carbonyl (C=O) groups is 3. The van der Waals surface area contributed by atoms with Crippen LogP contribution in [0.3, 0.4) is 0 Å². The minimum Gasteiger partial charge on any atom is -0.467 e. The van der Waals surface area contributed by atoms with Gasteiger partial charge in [0.25, 0.3) is 5.91 Å². The van der Waals surface area contributed by atoms with E-state index in [1.54, 1.807) is 30.3 Å². The Balaban J connectivity index is 1.47. The van der Waals surface area contributed by atoms with Gasteiger partial charge in [-0.15, -0.1) is 0 Å². The van der Waals surface area contributed by atoms with E-state index in [2.05, 4.69) is 21.2 Å². The van der Waals surface area contributed by atoms with Crippen LogP contribution < -0.4 is 5.32 Å². The van der Waals surface area contributed by atoms with Crippen molar-refractivity contribution in [3.63, 3.8) is 0 Å². The van der Waals surface area contributed by atoms with Crippen LogP contribution in [-0.2, 0) is 25.7 Å². The molecule has 0 radical (unpaired) electrons. The molecular weight excluding hydrogens is 440 g/mol. The second-order valence-corrected chi connectivity index (χ2v) is 7.36. The topological polar surface area (TPSA) is 88.9 Å². The van der Waals surface area contributed by atoms with Crippen molar-refractivity contribution < 1.29 is 23.5 Å². The van der Waals surface area contributed by atoms with Crippen molar-refractivity contribution in [1.82, 2.24) is 4.90 Å². The highest BCUT2D eigenvalue weighted by atomic mass is 79.9. The van der Waals surface area contributed by atoms with Gasteiger partial charge in [0.1, 0.15) is 5.76 Å². The van der Waals surface area contributed by atoms with Gasteiger partial charge in [-0.05, 0) is 30.3 Å². The van der Waals surface area contributed by atoms with Gasteiger partial charge >= 0.3 is 5.97 Å². The van der Waals surface area contributed by atoms with Crippen molar-refractivity contribution in [2.24, 2.45) is 5.92 Å². The van der Waals surface area contributed by atoms with Crippen LogP contribution >= 0.6 is 27.5 Å². The lowest BCUT2D eigenvalue weighted by Crippen LogP contribution is -2.28. The normalized spacial score (nSPS) is 16.4. The van der Waals surface area contributed by atoms with Crippen LogP contribution in [0.5, 0.6) is 0 Å². The Morgan fingerprint density at radius 1 is 1.37 bits per heavy atom. The molecule has 2 amide bonds. The van der Waals surface area contributed by atoms with Gasteiger partial charge in [0.2, 0.25) is 5.91 Å². The molecule has 1 N–H and O–H groups in total. The molecule has 1 aromatic heterocycles. The molecule has 1 fully saturated rings. The van der Waals surface area contributed by atoms with Crippen LogP contribution in [0.25, 0.3) is 0 Å². The third-order valence-corrected chi connectivity index (χ3v) is 4.83. The number of ether oxygens (including phenoxy) is 1. The quantitative estimate of drug-likeness (QED) is 0.676. The van der Waals surface area contributed by atoms with Crippen LogP contribution in [0, 0.1) is 5.92 Å². The average molecular weight is 456 g/mol. The van der Waals surface area contributed by atoms with Crippen molar-refractivity contribution in [3.8, 4) is 0 Å². The van der Waals surface area contributed by atoms with E-state index in [1.807, 2.05) is 0 Å². The van der Waals surface area contributed by atoms with Crippen molar-refractivity contribution in [2.45, 2.75) is 13.0 Å². The highest BCUT2D eigenvalue weighted by molar-refractivity contribution is 9.10. The zero-order valence-corrected chi connectivity index (χ0v) is 16.5. The molecule has 27 heavy (non-hydrogen) atoms. The summed E-state index contributed by atoms with van der Waals surface area (Å²) in [6.45, 7) is 0.0881. The van der Waals surface area contributed by atoms with Gasteiger partial charge < -0.3 is 19.4 Å². The zero-order chi connectivity index (χ0) is 19.4. The SMILES string of the molecule is O=C(COC(=O)[C@H]1CC(=O)N(Cc2ccco2)C1)Nc1ccc(Br)cc1Cl. The molecule has 1 saturated heterocycles. The number of hydrogen-bond donors (Lipinski definition) is 1. The minimum absolute atomic E-state index is 0.0553. The number of nitrogens with zero attached hydrogens (tertiary/aromatic N) is 1. The predicted octanol–water partition coefficient (Wildman–Crippen LogP) is 3.23.